The molecule has 1 saturated heterocycles. The maximum absolute atomic E-state index is 14.2. The van der Waals surface area contributed by atoms with Gasteiger partial charge in [-0.05, 0) is 41.5 Å². The molecule has 0 spiro atoms. The molecule has 3 N–H and O–H groups in total. The predicted molar refractivity (Wildman–Crippen MR) is 131 cm³/mol. The predicted octanol–water partition coefficient (Wildman–Crippen LogP) is 4.24. The van der Waals surface area contributed by atoms with Crippen molar-refractivity contribution in [1.82, 2.24) is 24.5 Å². The molecular formula is C26H29F3N6O. The van der Waals surface area contributed by atoms with E-state index in [9.17, 15) is 18.3 Å². The lowest BCUT2D eigenvalue weighted by molar-refractivity contribution is -0.183. The van der Waals surface area contributed by atoms with Crippen molar-refractivity contribution in [2.45, 2.75) is 50.4 Å². The molecule has 10 heteroatoms. The summed E-state index contributed by atoms with van der Waals surface area (Å²) in [6.07, 6.45) is -1.91. The van der Waals surface area contributed by atoms with Gasteiger partial charge in [-0.1, -0.05) is 44.2 Å². The molecule has 0 radical (unpaired) electrons. The molecule has 2 atom stereocenters. The molecule has 4 aromatic rings. The molecule has 1 aromatic carbocycles. The van der Waals surface area contributed by atoms with Crippen molar-refractivity contribution in [2.75, 3.05) is 19.7 Å². The highest BCUT2D eigenvalue weighted by molar-refractivity contribution is 5.85. The van der Waals surface area contributed by atoms with Gasteiger partial charge in [0.15, 0.2) is 11.5 Å². The largest absolute Gasteiger partial charge is 0.408 e. The van der Waals surface area contributed by atoms with E-state index in [2.05, 4.69) is 10.2 Å². The fraction of sp³-hybridized carbons (Fsp3) is 0.423. The quantitative estimate of drug-likeness (QED) is 0.413. The zero-order valence-corrected chi connectivity index (χ0v) is 20.2. The third-order valence-corrected chi connectivity index (χ3v) is 7.09. The molecule has 0 saturated carbocycles. The molecule has 1 fully saturated rings. The summed E-state index contributed by atoms with van der Waals surface area (Å²) < 4.78 is 44.1. The number of hydrogen-bond donors (Lipinski definition) is 2. The number of rotatable bonds is 6. The molecule has 3 aromatic heterocycles. The van der Waals surface area contributed by atoms with Crippen LogP contribution in [-0.4, -0.2) is 61.5 Å². The van der Waals surface area contributed by atoms with E-state index in [1.54, 1.807) is 16.5 Å². The van der Waals surface area contributed by atoms with E-state index in [4.69, 9.17) is 10.7 Å². The van der Waals surface area contributed by atoms with Crippen LogP contribution in [0.5, 0.6) is 0 Å². The first kappa shape index (κ1) is 24.6. The van der Waals surface area contributed by atoms with Crippen LogP contribution < -0.4 is 5.73 Å². The van der Waals surface area contributed by atoms with Gasteiger partial charge in [-0.2, -0.15) is 13.2 Å². The second-order valence-corrected chi connectivity index (χ2v) is 10.1. The lowest BCUT2D eigenvalue weighted by Gasteiger charge is -2.30. The maximum atomic E-state index is 14.2. The summed E-state index contributed by atoms with van der Waals surface area (Å²) in [6, 6.07) is 10.6. The number of alkyl halides is 3. The Labute approximate surface area is 206 Å². The Morgan fingerprint density at radius 2 is 1.92 bits per heavy atom. The highest BCUT2D eigenvalue weighted by Gasteiger charge is 2.46. The maximum Gasteiger partial charge on any atom is 0.408 e. The first-order valence-corrected chi connectivity index (χ1v) is 12.0. The van der Waals surface area contributed by atoms with Gasteiger partial charge in [0, 0.05) is 37.3 Å². The topological polar surface area (TPSA) is 92.6 Å². The van der Waals surface area contributed by atoms with Crippen molar-refractivity contribution in [3.05, 3.63) is 59.8 Å². The Morgan fingerprint density at radius 3 is 2.61 bits per heavy atom. The van der Waals surface area contributed by atoms with Crippen molar-refractivity contribution < 1.29 is 18.3 Å². The molecule has 0 aliphatic carbocycles. The summed E-state index contributed by atoms with van der Waals surface area (Å²) in [5.41, 5.74) is 8.38. The van der Waals surface area contributed by atoms with Crippen LogP contribution >= 0.6 is 0 Å². The first-order chi connectivity index (χ1) is 17.1. The number of benzene rings is 1. The first-order valence-electron chi connectivity index (χ1n) is 12.0. The third kappa shape index (κ3) is 4.44. The summed E-state index contributed by atoms with van der Waals surface area (Å²) in [6.45, 7) is 4.62. The van der Waals surface area contributed by atoms with Gasteiger partial charge in [0.1, 0.15) is 11.7 Å². The smallest absolute Gasteiger partial charge is 0.396 e. The Balaban J connectivity index is 1.62. The Kier molecular flexibility index (Phi) is 6.22. The van der Waals surface area contributed by atoms with Crippen LogP contribution in [0.3, 0.4) is 0 Å². The highest BCUT2D eigenvalue weighted by atomic mass is 19.4. The third-order valence-electron chi connectivity index (χ3n) is 7.09. The Bertz CT molecular complexity index is 1400. The molecule has 7 nitrogen and oxygen atoms in total. The molecular weight excluding hydrogens is 469 g/mol. The van der Waals surface area contributed by atoms with Gasteiger partial charge in [0.25, 0.3) is 0 Å². The number of aromatic nitrogens is 4. The highest BCUT2D eigenvalue weighted by Crippen LogP contribution is 2.40. The summed E-state index contributed by atoms with van der Waals surface area (Å²) in [5.74, 6) is 0.363. The van der Waals surface area contributed by atoms with E-state index < -0.39 is 12.2 Å². The number of halogens is 3. The number of likely N-dealkylation sites (tertiary alicyclic amines) is 1. The molecule has 1 aliphatic heterocycles. The number of aliphatic hydroxyl groups is 1. The zero-order chi connectivity index (χ0) is 25.7. The summed E-state index contributed by atoms with van der Waals surface area (Å²) >= 11 is 0. The Hall–Kier alpha value is -3.08. The molecule has 190 valence electrons. The van der Waals surface area contributed by atoms with Crippen molar-refractivity contribution in [3.8, 4) is 11.5 Å². The molecule has 4 heterocycles. The van der Waals surface area contributed by atoms with Crippen LogP contribution in [0, 0.1) is 0 Å². The van der Waals surface area contributed by atoms with Crippen LogP contribution in [0.2, 0.25) is 0 Å². The van der Waals surface area contributed by atoms with Gasteiger partial charge in [0.05, 0.1) is 5.52 Å². The number of hydrogen-bond acceptors (Lipinski definition) is 6. The summed E-state index contributed by atoms with van der Waals surface area (Å²) in [7, 11) is 0. The standard InChI is InChI=1S/C26H29F3N6O/c1-25(2,11-13-36)19-5-3-4-16-6-8-20(31-22(16)19)24-33-32-21-9-7-17(14-35(21)24)23(26(27,28)29)34-12-10-18(30)15-34/h3-9,14,18,23,36H,10-13,15,30H2,1-2H3. The van der Waals surface area contributed by atoms with Crippen LogP contribution in [0.15, 0.2) is 48.7 Å². The fourth-order valence-corrected chi connectivity index (χ4v) is 5.13. The van der Waals surface area contributed by atoms with Crippen molar-refractivity contribution >= 4 is 16.6 Å². The van der Waals surface area contributed by atoms with E-state index in [-0.39, 0.29) is 36.7 Å². The SMILES string of the molecule is CC(C)(CCO)c1cccc2ccc(-c3nnc4ccc(C(N5CCC(N)C5)C(F)(F)F)cn34)nc12. The average Bonchev–Trinajstić information content (AvgIpc) is 3.43. The lowest BCUT2D eigenvalue weighted by atomic mass is 9.80. The van der Waals surface area contributed by atoms with Gasteiger partial charge in [-0.15, -0.1) is 10.2 Å². The van der Waals surface area contributed by atoms with E-state index in [1.165, 1.54) is 17.2 Å². The van der Waals surface area contributed by atoms with E-state index >= 15 is 0 Å². The number of aliphatic hydroxyl groups excluding tert-OH is 1. The van der Waals surface area contributed by atoms with Gasteiger partial charge in [-0.3, -0.25) is 9.30 Å². The van der Waals surface area contributed by atoms with Crippen LogP contribution in [0.4, 0.5) is 13.2 Å². The van der Waals surface area contributed by atoms with Crippen LogP contribution in [0.25, 0.3) is 28.1 Å². The zero-order valence-electron chi connectivity index (χ0n) is 20.2. The number of nitrogens with zero attached hydrogens (tertiary/aromatic N) is 5. The van der Waals surface area contributed by atoms with Crippen molar-refractivity contribution in [3.63, 3.8) is 0 Å². The van der Waals surface area contributed by atoms with Crippen LogP contribution in [0.1, 0.15) is 43.9 Å². The number of nitrogens with two attached hydrogens (primary N) is 1. The minimum absolute atomic E-state index is 0.0446. The molecule has 0 amide bonds. The molecule has 36 heavy (non-hydrogen) atoms. The second kappa shape index (κ2) is 9.10. The summed E-state index contributed by atoms with van der Waals surface area (Å²) in [5, 5.41) is 18.9. The molecule has 5 rings (SSSR count). The van der Waals surface area contributed by atoms with E-state index in [0.717, 1.165) is 16.5 Å². The number of pyridine rings is 2. The van der Waals surface area contributed by atoms with Gasteiger partial charge in [-0.25, -0.2) is 4.98 Å². The van der Waals surface area contributed by atoms with E-state index in [0.29, 0.717) is 30.0 Å². The van der Waals surface area contributed by atoms with Gasteiger partial charge in [0.2, 0.25) is 0 Å². The lowest BCUT2D eigenvalue weighted by Crippen LogP contribution is -2.38. The average molecular weight is 499 g/mol. The van der Waals surface area contributed by atoms with E-state index in [1.807, 2.05) is 38.1 Å². The van der Waals surface area contributed by atoms with Gasteiger partial charge >= 0.3 is 6.18 Å². The molecule has 0 bridgehead atoms. The minimum atomic E-state index is -4.46. The minimum Gasteiger partial charge on any atom is -0.396 e. The Morgan fingerprint density at radius 1 is 1.11 bits per heavy atom. The number of para-hydroxylation sites is 1. The molecule has 2 unspecified atom stereocenters. The van der Waals surface area contributed by atoms with Crippen LogP contribution in [-0.2, 0) is 5.41 Å². The molecule has 1 aliphatic rings. The second-order valence-electron chi connectivity index (χ2n) is 10.1. The summed E-state index contributed by atoms with van der Waals surface area (Å²) in [4.78, 5) is 6.26. The van der Waals surface area contributed by atoms with Gasteiger partial charge < -0.3 is 10.8 Å². The van der Waals surface area contributed by atoms with Crippen molar-refractivity contribution in [1.29, 1.82) is 0 Å². The number of fused-ring (bicyclic) bond motifs is 2. The van der Waals surface area contributed by atoms with Crippen molar-refractivity contribution in [2.24, 2.45) is 5.73 Å². The monoisotopic (exact) mass is 498 g/mol. The fourth-order valence-electron chi connectivity index (χ4n) is 5.13. The normalized spacial score (nSPS) is 18.4.